The third-order valence-electron chi connectivity index (χ3n) is 3.35. The summed E-state index contributed by atoms with van der Waals surface area (Å²) in [6.45, 7) is 0.636. The van der Waals surface area contributed by atoms with E-state index in [4.69, 9.17) is 20.3 Å². The molecule has 0 radical (unpaired) electrons. The minimum Gasteiger partial charge on any atom is -0.397 e. The maximum Gasteiger partial charge on any atom is 0.293 e. The molecule has 4 N–H and O–H groups in total. The van der Waals surface area contributed by atoms with E-state index in [1.165, 1.54) is 0 Å². The SMILES string of the molecule is Cc1cc(C#CCO)ccc1/C(N)=C/NCC1OCC(F)(F)CO1. The van der Waals surface area contributed by atoms with Crippen LogP contribution in [0.2, 0.25) is 0 Å². The average molecular weight is 338 g/mol. The Morgan fingerprint density at radius 1 is 1.46 bits per heavy atom. The fourth-order valence-corrected chi connectivity index (χ4v) is 2.19. The van der Waals surface area contributed by atoms with Crippen molar-refractivity contribution in [1.29, 1.82) is 0 Å². The van der Waals surface area contributed by atoms with Crippen LogP contribution in [-0.2, 0) is 9.47 Å². The van der Waals surface area contributed by atoms with Crippen LogP contribution < -0.4 is 11.1 Å². The molecule has 0 saturated carbocycles. The summed E-state index contributed by atoms with van der Waals surface area (Å²) >= 11 is 0. The molecule has 130 valence electrons. The predicted molar refractivity (Wildman–Crippen MR) is 85.9 cm³/mol. The van der Waals surface area contributed by atoms with Crippen molar-refractivity contribution in [3.63, 3.8) is 0 Å². The molecule has 0 spiro atoms. The van der Waals surface area contributed by atoms with Crippen LogP contribution in [0.15, 0.2) is 24.4 Å². The summed E-state index contributed by atoms with van der Waals surface area (Å²) in [6, 6.07) is 5.51. The molecule has 1 aromatic carbocycles. The van der Waals surface area contributed by atoms with Crippen LogP contribution in [0.25, 0.3) is 5.70 Å². The molecule has 0 aromatic heterocycles. The molecule has 1 fully saturated rings. The van der Waals surface area contributed by atoms with Gasteiger partial charge < -0.3 is 25.6 Å². The summed E-state index contributed by atoms with van der Waals surface area (Å²) in [4.78, 5) is 0. The number of hydrogen-bond donors (Lipinski definition) is 3. The van der Waals surface area contributed by atoms with E-state index in [0.29, 0.717) is 5.70 Å². The smallest absolute Gasteiger partial charge is 0.293 e. The van der Waals surface area contributed by atoms with Gasteiger partial charge in [-0.05, 0) is 24.6 Å². The molecular weight excluding hydrogens is 318 g/mol. The molecule has 5 nitrogen and oxygen atoms in total. The molecule has 1 aromatic rings. The van der Waals surface area contributed by atoms with Crippen LogP contribution in [0.4, 0.5) is 8.78 Å². The van der Waals surface area contributed by atoms with Gasteiger partial charge in [-0.2, -0.15) is 0 Å². The molecule has 1 saturated heterocycles. The largest absolute Gasteiger partial charge is 0.397 e. The Hall–Kier alpha value is -2.14. The van der Waals surface area contributed by atoms with Gasteiger partial charge in [0.15, 0.2) is 6.29 Å². The molecule has 1 aliphatic heterocycles. The van der Waals surface area contributed by atoms with Crippen LogP contribution in [0.3, 0.4) is 0 Å². The fraction of sp³-hybridized carbons (Fsp3) is 0.412. The Bertz CT molecular complexity index is 656. The van der Waals surface area contributed by atoms with Gasteiger partial charge in [-0.1, -0.05) is 17.9 Å². The molecular formula is C17H20F2N2O3. The van der Waals surface area contributed by atoms with Gasteiger partial charge in [-0.25, -0.2) is 8.78 Å². The molecule has 0 unspecified atom stereocenters. The Morgan fingerprint density at radius 3 is 2.79 bits per heavy atom. The highest BCUT2D eigenvalue weighted by atomic mass is 19.3. The van der Waals surface area contributed by atoms with E-state index >= 15 is 0 Å². The third-order valence-corrected chi connectivity index (χ3v) is 3.35. The molecule has 0 atom stereocenters. The summed E-state index contributed by atoms with van der Waals surface area (Å²) < 4.78 is 35.6. The number of aliphatic hydroxyl groups is 1. The first-order chi connectivity index (χ1) is 11.4. The highest BCUT2D eigenvalue weighted by Crippen LogP contribution is 2.21. The van der Waals surface area contributed by atoms with Gasteiger partial charge >= 0.3 is 0 Å². The molecule has 0 amide bonds. The minimum atomic E-state index is -2.93. The Balaban J connectivity index is 1.91. The highest BCUT2D eigenvalue weighted by Gasteiger charge is 2.36. The topological polar surface area (TPSA) is 76.7 Å². The first kappa shape index (κ1) is 18.2. The average Bonchev–Trinajstić information content (AvgIpc) is 2.54. The van der Waals surface area contributed by atoms with Crippen LogP contribution in [0, 0.1) is 18.8 Å². The number of aliphatic hydroxyl groups excluding tert-OH is 1. The van der Waals surface area contributed by atoms with Crippen LogP contribution >= 0.6 is 0 Å². The van der Waals surface area contributed by atoms with E-state index in [1.54, 1.807) is 12.3 Å². The van der Waals surface area contributed by atoms with Crippen molar-refractivity contribution in [2.45, 2.75) is 19.1 Å². The Kier molecular flexibility index (Phi) is 6.15. The van der Waals surface area contributed by atoms with Gasteiger partial charge in [0.2, 0.25) is 0 Å². The third kappa shape index (κ3) is 5.20. The van der Waals surface area contributed by atoms with E-state index in [2.05, 4.69) is 17.2 Å². The lowest BCUT2D eigenvalue weighted by molar-refractivity contribution is -0.264. The number of rotatable bonds is 4. The number of hydrogen-bond acceptors (Lipinski definition) is 5. The van der Waals surface area contributed by atoms with Crippen molar-refractivity contribution in [2.75, 3.05) is 26.4 Å². The maximum atomic E-state index is 12.9. The van der Waals surface area contributed by atoms with Crippen molar-refractivity contribution >= 4 is 5.70 Å². The Labute approximate surface area is 139 Å². The van der Waals surface area contributed by atoms with Gasteiger partial charge in [-0.15, -0.1) is 0 Å². The fourth-order valence-electron chi connectivity index (χ4n) is 2.19. The standard InChI is InChI=1S/C17H20F2N2O3/c1-12-7-13(3-2-6-22)4-5-14(12)15(20)8-21-9-16-23-10-17(18,19)11-24-16/h4-5,7-8,16,21-22H,6,9-11,20H2,1H3/b15-8-. The summed E-state index contributed by atoms with van der Waals surface area (Å²) in [6.07, 6.45) is 0.854. The molecule has 0 aliphatic carbocycles. The first-order valence-electron chi connectivity index (χ1n) is 7.42. The lowest BCUT2D eigenvalue weighted by Gasteiger charge is -2.28. The quantitative estimate of drug-likeness (QED) is 0.719. The summed E-state index contributed by atoms with van der Waals surface area (Å²) in [5.74, 6) is 2.48. The number of nitrogens with one attached hydrogen (secondary N) is 1. The van der Waals surface area contributed by atoms with Gasteiger partial charge in [0.25, 0.3) is 5.92 Å². The Morgan fingerprint density at radius 2 is 2.17 bits per heavy atom. The van der Waals surface area contributed by atoms with E-state index < -0.39 is 25.4 Å². The van der Waals surface area contributed by atoms with E-state index in [9.17, 15) is 8.78 Å². The summed E-state index contributed by atoms with van der Waals surface area (Å²) in [7, 11) is 0. The van der Waals surface area contributed by atoms with E-state index in [0.717, 1.165) is 16.7 Å². The zero-order valence-corrected chi connectivity index (χ0v) is 13.3. The molecule has 0 bridgehead atoms. The number of nitrogens with two attached hydrogens (primary N) is 1. The van der Waals surface area contributed by atoms with E-state index in [1.807, 2.05) is 19.1 Å². The molecule has 24 heavy (non-hydrogen) atoms. The van der Waals surface area contributed by atoms with E-state index in [-0.39, 0.29) is 13.2 Å². The second kappa shape index (κ2) is 8.11. The number of alkyl halides is 2. The van der Waals surface area contributed by atoms with Crippen molar-refractivity contribution < 1.29 is 23.4 Å². The minimum absolute atomic E-state index is 0.190. The highest BCUT2D eigenvalue weighted by molar-refractivity contribution is 5.66. The van der Waals surface area contributed by atoms with Gasteiger partial charge in [-0.3, -0.25) is 0 Å². The van der Waals surface area contributed by atoms with Gasteiger partial charge in [0.05, 0.1) is 12.2 Å². The zero-order chi connectivity index (χ0) is 17.6. The first-order valence-corrected chi connectivity index (χ1v) is 7.42. The molecule has 7 heteroatoms. The second-order valence-corrected chi connectivity index (χ2v) is 5.41. The molecule has 1 aliphatic rings. The molecule has 2 rings (SSSR count). The van der Waals surface area contributed by atoms with Crippen molar-refractivity contribution in [1.82, 2.24) is 5.32 Å². The predicted octanol–water partition coefficient (Wildman–Crippen LogP) is 1.19. The number of benzene rings is 1. The number of aryl methyl sites for hydroxylation is 1. The number of halogens is 2. The van der Waals surface area contributed by atoms with Crippen molar-refractivity contribution in [2.24, 2.45) is 5.73 Å². The maximum absolute atomic E-state index is 12.9. The monoisotopic (exact) mass is 338 g/mol. The van der Waals surface area contributed by atoms with Gasteiger partial charge in [0, 0.05) is 17.3 Å². The van der Waals surface area contributed by atoms with Crippen molar-refractivity contribution in [3.8, 4) is 11.8 Å². The number of ether oxygens (including phenoxy) is 2. The zero-order valence-electron chi connectivity index (χ0n) is 13.3. The lowest BCUT2D eigenvalue weighted by Crippen LogP contribution is -2.44. The summed E-state index contributed by atoms with van der Waals surface area (Å²) in [5, 5.41) is 11.6. The van der Waals surface area contributed by atoms with Crippen LogP contribution in [0.5, 0.6) is 0 Å². The summed E-state index contributed by atoms with van der Waals surface area (Å²) in [5.41, 5.74) is 9.07. The second-order valence-electron chi connectivity index (χ2n) is 5.41. The lowest BCUT2D eigenvalue weighted by atomic mass is 10.0. The van der Waals surface area contributed by atoms with Gasteiger partial charge in [0.1, 0.15) is 19.8 Å². The van der Waals surface area contributed by atoms with Crippen LogP contribution in [-0.4, -0.2) is 43.7 Å². The molecule has 1 heterocycles. The van der Waals surface area contributed by atoms with Crippen molar-refractivity contribution in [3.05, 3.63) is 41.1 Å². The van der Waals surface area contributed by atoms with Crippen LogP contribution in [0.1, 0.15) is 16.7 Å². The normalized spacial score (nSPS) is 17.9.